The topological polar surface area (TPSA) is 79.9 Å². The fourth-order valence-corrected chi connectivity index (χ4v) is 3.99. The Hall–Kier alpha value is -2.95. The molecular weight excluding hydrogens is 404 g/mol. The number of aromatic nitrogens is 2. The fourth-order valence-electron chi connectivity index (χ4n) is 3.23. The molecule has 0 fully saturated rings. The maximum Gasteiger partial charge on any atom is 0.225 e. The molecule has 1 heterocycles. The molecule has 1 aromatic heterocycles. The molecule has 6 nitrogen and oxygen atoms in total. The SMILES string of the molecule is CCCC(=O)Nc1nn(COCC[Si](C)(C)C)c2cc(-c3ccc(C#N)cc3)ccc12. The molecule has 2 aromatic carbocycles. The summed E-state index contributed by atoms with van der Waals surface area (Å²) >= 11 is 0. The lowest BCUT2D eigenvalue weighted by Crippen LogP contribution is -2.22. The van der Waals surface area contributed by atoms with Gasteiger partial charge in [0.25, 0.3) is 0 Å². The predicted octanol–water partition coefficient (Wildman–Crippen LogP) is 5.63. The van der Waals surface area contributed by atoms with Crippen LogP contribution >= 0.6 is 0 Å². The highest BCUT2D eigenvalue weighted by Gasteiger charge is 2.16. The van der Waals surface area contributed by atoms with Crippen molar-refractivity contribution < 1.29 is 9.53 Å². The molecule has 3 rings (SSSR count). The minimum absolute atomic E-state index is 0.0372. The van der Waals surface area contributed by atoms with Gasteiger partial charge >= 0.3 is 0 Å². The summed E-state index contributed by atoms with van der Waals surface area (Å²) in [4.78, 5) is 12.2. The van der Waals surface area contributed by atoms with E-state index in [0.717, 1.165) is 34.5 Å². The van der Waals surface area contributed by atoms with Crippen LogP contribution in [0.3, 0.4) is 0 Å². The quantitative estimate of drug-likeness (QED) is 0.350. The Morgan fingerprint density at radius 3 is 2.52 bits per heavy atom. The average Bonchev–Trinajstić information content (AvgIpc) is 3.07. The van der Waals surface area contributed by atoms with Crippen LogP contribution in [0.4, 0.5) is 5.82 Å². The van der Waals surface area contributed by atoms with Crippen molar-refractivity contribution in [2.75, 3.05) is 11.9 Å². The van der Waals surface area contributed by atoms with Gasteiger partial charge in [-0.1, -0.05) is 44.8 Å². The highest BCUT2D eigenvalue weighted by Crippen LogP contribution is 2.29. The van der Waals surface area contributed by atoms with Crippen molar-refractivity contribution in [3.63, 3.8) is 0 Å². The minimum Gasteiger partial charge on any atom is -0.360 e. The second kappa shape index (κ2) is 9.90. The Morgan fingerprint density at radius 1 is 1.16 bits per heavy atom. The van der Waals surface area contributed by atoms with Crippen molar-refractivity contribution in [3.8, 4) is 17.2 Å². The Bertz CT molecular complexity index is 1090. The number of ether oxygens (including phenoxy) is 1. The van der Waals surface area contributed by atoms with Gasteiger partial charge in [-0.05, 0) is 47.9 Å². The van der Waals surface area contributed by atoms with E-state index in [0.29, 0.717) is 31.1 Å². The average molecular weight is 435 g/mol. The van der Waals surface area contributed by atoms with E-state index < -0.39 is 8.07 Å². The largest absolute Gasteiger partial charge is 0.360 e. The second-order valence-electron chi connectivity index (χ2n) is 8.92. The van der Waals surface area contributed by atoms with Gasteiger partial charge in [-0.3, -0.25) is 4.79 Å². The van der Waals surface area contributed by atoms with Gasteiger partial charge in [-0.2, -0.15) is 10.4 Å². The van der Waals surface area contributed by atoms with Crippen LogP contribution in [0.25, 0.3) is 22.0 Å². The Balaban J connectivity index is 1.92. The molecule has 162 valence electrons. The van der Waals surface area contributed by atoms with E-state index in [1.165, 1.54) is 0 Å². The maximum atomic E-state index is 12.2. The summed E-state index contributed by atoms with van der Waals surface area (Å²) in [6.07, 6.45) is 1.25. The molecule has 0 spiro atoms. The summed E-state index contributed by atoms with van der Waals surface area (Å²) in [6, 6.07) is 16.8. The molecule has 0 unspecified atom stereocenters. The lowest BCUT2D eigenvalue weighted by atomic mass is 10.0. The zero-order valence-corrected chi connectivity index (χ0v) is 19.7. The van der Waals surface area contributed by atoms with Crippen molar-refractivity contribution in [1.82, 2.24) is 9.78 Å². The van der Waals surface area contributed by atoms with Crippen molar-refractivity contribution in [1.29, 1.82) is 5.26 Å². The van der Waals surface area contributed by atoms with Crippen LogP contribution in [0.15, 0.2) is 42.5 Å². The van der Waals surface area contributed by atoms with E-state index >= 15 is 0 Å². The number of nitriles is 1. The number of hydrogen-bond acceptors (Lipinski definition) is 4. The number of amides is 1. The summed E-state index contributed by atoms with van der Waals surface area (Å²) in [5.74, 6) is 0.526. The van der Waals surface area contributed by atoms with Gasteiger partial charge in [-0.25, -0.2) is 4.68 Å². The summed E-state index contributed by atoms with van der Waals surface area (Å²) < 4.78 is 7.75. The van der Waals surface area contributed by atoms with Crippen molar-refractivity contribution >= 4 is 30.7 Å². The number of hydrogen-bond donors (Lipinski definition) is 1. The Morgan fingerprint density at radius 2 is 1.87 bits per heavy atom. The highest BCUT2D eigenvalue weighted by atomic mass is 28.3. The van der Waals surface area contributed by atoms with Crippen LogP contribution in [0.1, 0.15) is 25.3 Å². The van der Waals surface area contributed by atoms with Gasteiger partial charge < -0.3 is 10.1 Å². The number of carbonyl (C=O) groups is 1. The third kappa shape index (κ3) is 6.03. The van der Waals surface area contributed by atoms with Crippen LogP contribution in [-0.2, 0) is 16.3 Å². The molecule has 0 bridgehead atoms. The van der Waals surface area contributed by atoms with E-state index in [2.05, 4.69) is 42.2 Å². The molecule has 0 saturated carbocycles. The Kier molecular flexibility index (Phi) is 7.26. The normalized spacial score (nSPS) is 11.5. The molecular formula is C24H30N4O2Si. The monoisotopic (exact) mass is 434 g/mol. The fraction of sp³-hybridized carbons (Fsp3) is 0.375. The minimum atomic E-state index is -1.17. The smallest absolute Gasteiger partial charge is 0.225 e. The van der Waals surface area contributed by atoms with E-state index in [1.54, 1.807) is 0 Å². The predicted molar refractivity (Wildman–Crippen MR) is 128 cm³/mol. The van der Waals surface area contributed by atoms with Crippen LogP contribution < -0.4 is 5.32 Å². The van der Waals surface area contributed by atoms with Gasteiger partial charge in [-0.15, -0.1) is 0 Å². The first kappa shape index (κ1) is 22.7. The van der Waals surface area contributed by atoms with Gasteiger partial charge in [0, 0.05) is 26.5 Å². The zero-order chi connectivity index (χ0) is 22.4. The molecule has 0 aliphatic rings. The van der Waals surface area contributed by atoms with E-state index in [1.807, 2.05) is 48.0 Å². The van der Waals surface area contributed by atoms with E-state index in [-0.39, 0.29) is 5.91 Å². The Labute approximate surface area is 184 Å². The third-order valence-corrected chi connectivity index (χ3v) is 6.75. The number of rotatable bonds is 9. The zero-order valence-electron chi connectivity index (χ0n) is 18.7. The maximum absolute atomic E-state index is 12.2. The van der Waals surface area contributed by atoms with Gasteiger partial charge in [0.2, 0.25) is 5.91 Å². The number of carbonyl (C=O) groups excluding carboxylic acids is 1. The van der Waals surface area contributed by atoms with Crippen molar-refractivity contribution in [2.24, 2.45) is 0 Å². The van der Waals surface area contributed by atoms with Gasteiger partial charge in [0.05, 0.1) is 17.1 Å². The number of benzene rings is 2. The summed E-state index contributed by atoms with van der Waals surface area (Å²) in [6.45, 7) is 9.98. The van der Waals surface area contributed by atoms with Crippen molar-refractivity contribution in [3.05, 3.63) is 48.0 Å². The number of nitrogens with zero attached hydrogens (tertiary/aromatic N) is 3. The first-order chi connectivity index (χ1) is 14.8. The molecule has 0 aliphatic carbocycles. The number of nitrogens with one attached hydrogen (secondary N) is 1. The van der Waals surface area contributed by atoms with Gasteiger partial charge in [0.15, 0.2) is 5.82 Å². The molecule has 0 saturated heterocycles. The molecule has 3 aromatic rings. The van der Waals surface area contributed by atoms with Crippen LogP contribution in [0.2, 0.25) is 25.7 Å². The number of anilines is 1. The summed E-state index contributed by atoms with van der Waals surface area (Å²) in [5, 5.41) is 17.5. The standard InChI is InChI=1S/C24H30N4O2Si/c1-5-6-23(29)26-24-21-12-11-20(19-9-7-18(16-25)8-10-19)15-22(21)28(27-24)17-30-13-14-31(2,3)4/h7-12,15H,5-6,13-14,17H2,1-4H3,(H,26,27,29). The van der Waals surface area contributed by atoms with E-state index in [9.17, 15) is 4.79 Å². The van der Waals surface area contributed by atoms with Gasteiger partial charge in [0.1, 0.15) is 6.73 Å². The van der Waals surface area contributed by atoms with Crippen LogP contribution in [0.5, 0.6) is 0 Å². The third-order valence-electron chi connectivity index (χ3n) is 5.04. The molecule has 0 atom stereocenters. The molecule has 0 radical (unpaired) electrons. The summed E-state index contributed by atoms with van der Waals surface area (Å²) in [5.41, 5.74) is 3.57. The van der Waals surface area contributed by atoms with Crippen LogP contribution in [0, 0.1) is 11.3 Å². The summed E-state index contributed by atoms with van der Waals surface area (Å²) in [7, 11) is -1.17. The van der Waals surface area contributed by atoms with E-state index in [4.69, 9.17) is 10.00 Å². The lowest BCUT2D eigenvalue weighted by Gasteiger charge is -2.15. The molecule has 1 amide bonds. The number of fused-ring (bicyclic) bond motifs is 1. The molecule has 7 heteroatoms. The van der Waals surface area contributed by atoms with Crippen molar-refractivity contribution in [2.45, 2.75) is 52.2 Å². The van der Waals surface area contributed by atoms with Crippen LogP contribution in [-0.4, -0.2) is 30.4 Å². The first-order valence-electron chi connectivity index (χ1n) is 10.7. The first-order valence-corrected chi connectivity index (χ1v) is 14.4. The molecule has 0 aliphatic heterocycles. The lowest BCUT2D eigenvalue weighted by molar-refractivity contribution is -0.116. The second-order valence-corrected chi connectivity index (χ2v) is 14.5. The molecule has 1 N–H and O–H groups in total. The molecule has 31 heavy (non-hydrogen) atoms. The highest BCUT2D eigenvalue weighted by molar-refractivity contribution is 6.76.